The van der Waals surface area contributed by atoms with Crippen molar-refractivity contribution < 1.29 is 9.59 Å². The predicted molar refractivity (Wildman–Crippen MR) is 106 cm³/mol. The second kappa shape index (κ2) is 7.53. The van der Waals surface area contributed by atoms with Gasteiger partial charge in [-0.1, -0.05) is 30.0 Å². The van der Waals surface area contributed by atoms with E-state index in [1.807, 2.05) is 17.5 Å². The third kappa shape index (κ3) is 3.88. The molecule has 3 aromatic rings. The zero-order valence-corrected chi connectivity index (χ0v) is 15.9. The average Bonchev–Trinajstić information content (AvgIpc) is 3.18. The minimum absolute atomic E-state index is 0.169. The van der Waals surface area contributed by atoms with Crippen LogP contribution in [0.15, 0.2) is 46.9 Å². The molecule has 0 saturated heterocycles. The third-order valence-electron chi connectivity index (χ3n) is 4.12. The first-order valence-corrected chi connectivity index (χ1v) is 10.3. The van der Waals surface area contributed by atoms with Crippen LogP contribution in [0, 0.1) is 0 Å². The lowest BCUT2D eigenvalue weighted by Crippen LogP contribution is -2.19. The van der Waals surface area contributed by atoms with Crippen LogP contribution in [0.5, 0.6) is 0 Å². The number of nitrogens with zero attached hydrogens (tertiary/aromatic N) is 3. The molecule has 1 saturated carbocycles. The lowest BCUT2D eigenvalue weighted by molar-refractivity contribution is -0.113. The summed E-state index contributed by atoms with van der Waals surface area (Å²) in [4.78, 5) is 24.9. The molecule has 7 nitrogen and oxygen atoms in total. The van der Waals surface area contributed by atoms with Crippen LogP contribution < -0.4 is 11.1 Å². The fourth-order valence-electron chi connectivity index (χ4n) is 2.73. The van der Waals surface area contributed by atoms with Crippen LogP contribution in [-0.4, -0.2) is 32.3 Å². The molecule has 27 heavy (non-hydrogen) atoms. The Bertz CT molecular complexity index is 980. The van der Waals surface area contributed by atoms with Crippen molar-refractivity contribution in [3.63, 3.8) is 0 Å². The SMILES string of the molecule is NC(=O)c1ccccc1NC(=O)CSc1nnc(-c2cccs2)n1C1CC1. The average molecular weight is 400 g/mol. The highest BCUT2D eigenvalue weighted by Gasteiger charge is 2.30. The van der Waals surface area contributed by atoms with Crippen molar-refractivity contribution in [1.29, 1.82) is 0 Å². The number of primary amides is 1. The van der Waals surface area contributed by atoms with E-state index in [9.17, 15) is 9.59 Å². The van der Waals surface area contributed by atoms with E-state index in [-0.39, 0.29) is 17.2 Å². The Balaban J connectivity index is 1.47. The minimum Gasteiger partial charge on any atom is -0.366 e. The van der Waals surface area contributed by atoms with E-state index >= 15 is 0 Å². The molecule has 4 rings (SSSR count). The van der Waals surface area contributed by atoms with Crippen molar-refractivity contribution in [3.8, 4) is 10.7 Å². The van der Waals surface area contributed by atoms with Gasteiger partial charge in [0.05, 0.1) is 21.9 Å². The molecule has 1 aliphatic rings. The molecule has 2 amide bonds. The lowest BCUT2D eigenvalue weighted by Gasteiger charge is -2.09. The summed E-state index contributed by atoms with van der Waals surface area (Å²) in [5.41, 5.74) is 6.05. The van der Waals surface area contributed by atoms with E-state index in [0.717, 1.165) is 28.7 Å². The number of hydrogen-bond acceptors (Lipinski definition) is 6. The molecule has 1 fully saturated rings. The molecule has 9 heteroatoms. The molecule has 3 N–H and O–H groups in total. The number of rotatable bonds is 7. The number of amides is 2. The molecule has 0 bridgehead atoms. The quantitative estimate of drug-likeness (QED) is 0.594. The fourth-order valence-corrected chi connectivity index (χ4v) is 4.25. The van der Waals surface area contributed by atoms with Gasteiger partial charge in [-0.05, 0) is 36.4 Å². The molecular formula is C18H17N5O2S2. The van der Waals surface area contributed by atoms with Crippen molar-refractivity contribution in [3.05, 3.63) is 47.3 Å². The highest BCUT2D eigenvalue weighted by molar-refractivity contribution is 7.99. The number of thioether (sulfide) groups is 1. The van der Waals surface area contributed by atoms with E-state index in [1.54, 1.807) is 35.6 Å². The van der Waals surface area contributed by atoms with E-state index in [2.05, 4.69) is 20.1 Å². The van der Waals surface area contributed by atoms with Crippen molar-refractivity contribution in [2.24, 2.45) is 5.73 Å². The number of nitrogens with two attached hydrogens (primary N) is 1. The Hall–Kier alpha value is -2.65. The van der Waals surface area contributed by atoms with Crippen LogP contribution in [0.3, 0.4) is 0 Å². The van der Waals surface area contributed by atoms with Crippen LogP contribution in [-0.2, 0) is 4.79 Å². The molecular weight excluding hydrogens is 382 g/mol. The van der Waals surface area contributed by atoms with Crippen molar-refractivity contribution in [1.82, 2.24) is 14.8 Å². The van der Waals surface area contributed by atoms with Gasteiger partial charge in [0.1, 0.15) is 0 Å². The summed E-state index contributed by atoms with van der Waals surface area (Å²) in [6, 6.07) is 11.1. The van der Waals surface area contributed by atoms with E-state index in [1.165, 1.54) is 11.8 Å². The Kier molecular flexibility index (Phi) is 4.95. The van der Waals surface area contributed by atoms with Gasteiger partial charge in [-0.3, -0.25) is 14.2 Å². The van der Waals surface area contributed by atoms with Crippen LogP contribution >= 0.6 is 23.1 Å². The number of aromatic nitrogens is 3. The zero-order chi connectivity index (χ0) is 18.8. The maximum absolute atomic E-state index is 12.4. The summed E-state index contributed by atoms with van der Waals surface area (Å²) in [5.74, 6) is 0.224. The number of carbonyl (C=O) groups is 2. The number of carbonyl (C=O) groups excluding carboxylic acids is 2. The minimum atomic E-state index is -0.576. The molecule has 0 aliphatic heterocycles. The molecule has 0 atom stereocenters. The molecule has 0 unspecified atom stereocenters. The Morgan fingerprint density at radius 2 is 2.04 bits per heavy atom. The second-order valence-corrected chi connectivity index (χ2v) is 8.02. The number of thiophene rings is 1. The van der Waals surface area contributed by atoms with Crippen molar-refractivity contribution in [2.75, 3.05) is 11.1 Å². The van der Waals surface area contributed by atoms with Gasteiger partial charge >= 0.3 is 0 Å². The maximum atomic E-state index is 12.4. The van der Waals surface area contributed by atoms with Gasteiger partial charge in [0.15, 0.2) is 11.0 Å². The number of para-hydroxylation sites is 1. The van der Waals surface area contributed by atoms with Crippen molar-refractivity contribution in [2.45, 2.75) is 24.0 Å². The second-order valence-electron chi connectivity index (χ2n) is 6.13. The van der Waals surface area contributed by atoms with Gasteiger partial charge in [-0.25, -0.2) is 0 Å². The van der Waals surface area contributed by atoms with Gasteiger partial charge in [0.2, 0.25) is 5.91 Å². The summed E-state index contributed by atoms with van der Waals surface area (Å²) in [6.07, 6.45) is 2.20. The number of benzene rings is 1. The first-order chi connectivity index (χ1) is 13.1. The lowest BCUT2D eigenvalue weighted by atomic mass is 10.1. The molecule has 2 heterocycles. The van der Waals surface area contributed by atoms with Gasteiger partial charge < -0.3 is 11.1 Å². The Morgan fingerprint density at radius 1 is 1.22 bits per heavy atom. The van der Waals surface area contributed by atoms with Gasteiger partial charge in [-0.2, -0.15) is 0 Å². The normalized spacial score (nSPS) is 13.5. The first kappa shape index (κ1) is 17.7. The van der Waals surface area contributed by atoms with E-state index < -0.39 is 5.91 Å². The summed E-state index contributed by atoms with van der Waals surface area (Å²) < 4.78 is 2.13. The summed E-state index contributed by atoms with van der Waals surface area (Å²) >= 11 is 2.96. The molecule has 1 aromatic carbocycles. The summed E-state index contributed by atoms with van der Waals surface area (Å²) in [7, 11) is 0. The van der Waals surface area contributed by atoms with Crippen LogP contribution in [0.4, 0.5) is 5.69 Å². The van der Waals surface area contributed by atoms with Crippen LogP contribution in [0.1, 0.15) is 29.2 Å². The van der Waals surface area contributed by atoms with Gasteiger partial charge in [0, 0.05) is 6.04 Å². The number of nitrogens with one attached hydrogen (secondary N) is 1. The number of hydrogen-bond donors (Lipinski definition) is 2. The maximum Gasteiger partial charge on any atom is 0.250 e. The summed E-state index contributed by atoms with van der Waals surface area (Å²) in [5, 5.41) is 14.1. The molecule has 2 aromatic heterocycles. The summed E-state index contributed by atoms with van der Waals surface area (Å²) in [6.45, 7) is 0. The van der Waals surface area contributed by atoms with Crippen LogP contribution in [0.2, 0.25) is 0 Å². The number of anilines is 1. The third-order valence-corrected chi connectivity index (χ3v) is 5.93. The fraction of sp³-hybridized carbons (Fsp3) is 0.222. The predicted octanol–water partition coefficient (Wildman–Crippen LogP) is 3.17. The van der Waals surface area contributed by atoms with E-state index in [4.69, 9.17) is 5.73 Å². The smallest absolute Gasteiger partial charge is 0.250 e. The molecule has 0 spiro atoms. The Labute approximate surface area is 164 Å². The molecule has 138 valence electrons. The molecule has 0 radical (unpaired) electrons. The van der Waals surface area contributed by atoms with Crippen molar-refractivity contribution >= 4 is 40.6 Å². The largest absolute Gasteiger partial charge is 0.366 e. The Morgan fingerprint density at radius 3 is 2.74 bits per heavy atom. The monoisotopic (exact) mass is 399 g/mol. The standard InChI is InChI=1S/C18H17N5O2S2/c19-16(25)12-4-1-2-5-13(12)20-15(24)10-27-18-22-21-17(14-6-3-9-26-14)23(18)11-7-8-11/h1-6,9,11H,7-8,10H2,(H2,19,25)(H,20,24). The topological polar surface area (TPSA) is 103 Å². The van der Waals surface area contributed by atoms with Crippen LogP contribution in [0.25, 0.3) is 10.7 Å². The van der Waals surface area contributed by atoms with Gasteiger partial charge in [0.25, 0.3) is 5.91 Å². The highest BCUT2D eigenvalue weighted by atomic mass is 32.2. The molecule has 1 aliphatic carbocycles. The zero-order valence-electron chi connectivity index (χ0n) is 14.3. The van der Waals surface area contributed by atoms with E-state index in [0.29, 0.717) is 11.7 Å². The first-order valence-electron chi connectivity index (χ1n) is 8.43. The highest BCUT2D eigenvalue weighted by Crippen LogP contribution is 2.41. The van der Waals surface area contributed by atoms with Gasteiger partial charge in [-0.15, -0.1) is 21.5 Å².